The summed E-state index contributed by atoms with van der Waals surface area (Å²) >= 11 is 0. The molecule has 118 valence electrons. The lowest BCUT2D eigenvalue weighted by atomic mass is 9.91. The van der Waals surface area contributed by atoms with Gasteiger partial charge in [0.1, 0.15) is 5.75 Å². The minimum atomic E-state index is 0.313. The molecule has 0 radical (unpaired) electrons. The van der Waals surface area contributed by atoms with E-state index in [9.17, 15) is 10.3 Å². The molecule has 0 amide bonds. The SMILES string of the molecule is O/N=C1\[C@H]2CC[C@@H](C2)[C@H]1N1CCN(c2ccc(O)cc2)CC1. The molecule has 0 unspecified atom stereocenters. The molecule has 0 aromatic heterocycles. The molecule has 2 bridgehead atoms. The Balaban J connectivity index is 1.43. The van der Waals surface area contributed by atoms with Gasteiger partial charge < -0.3 is 15.2 Å². The van der Waals surface area contributed by atoms with E-state index in [0.717, 1.165) is 31.9 Å². The zero-order valence-corrected chi connectivity index (χ0v) is 12.7. The van der Waals surface area contributed by atoms with E-state index < -0.39 is 0 Å². The van der Waals surface area contributed by atoms with Gasteiger partial charge in [0.15, 0.2) is 0 Å². The minimum Gasteiger partial charge on any atom is -0.508 e. The van der Waals surface area contributed by atoms with Crippen molar-refractivity contribution in [1.29, 1.82) is 0 Å². The zero-order chi connectivity index (χ0) is 15.1. The monoisotopic (exact) mass is 301 g/mol. The standard InChI is InChI=1S/C17H23N3O2/c21-15-5-3-14(4-6-15)19-7-9-20(10-8-19)17-13-2-1-12(11-13)16(17)18-22/h3-6,12-13,17,21-22H,1-2,7-11H2/b18-16+/t12-,13-,17+/m0/s1. The third-order valence-electron chi connectivity index (χ3n) is 5.68. The molecule has 3 fully saturated rings. The number of hydrogen-bond donors (Lipinski definition) is 2. The number of benzene rings is 1. The molecule has 4 rings (SSSR count). The average molecular weight is 301 g/mol. The van der Waals surface area contributed by atoms with Crippen LogP contribution in [-0.2, 0) is 0 Å². The first kappa shape index (κ1) is 13.9. The van der Waals surface area contributed by atoms with E-state index in [1.54, 1.807) is 12.1 Å². The molecule has 1 saturated heterocycles. The summed E-state index contributed by atoms with van der Waals surface area (Å²) in [7, 11) is 0. The summed E-state index contributed by atoms with van der Waals surface area (Å²) in [6.07, 6.45) is 3.70. The van der Waals surface area contributed by atoms with E-state index in [0.29, 0.717) is 23.6 Å². The lowest BCUT2D eigenvalue weighted by Crippen LogP contribution is -2.54. The van der Waals surface area contributed by atoms with Gasteiger partial charge in [0.25, 0.3) is 0 Å². The van der Waals surface area contributed by atoms with Gasteiger partial charge in [-0.25, -0.2) is 0 Å². The number of fused-ring (bicyclic) bond motifs is 2. The highest BCUT2D eigenvalue weighted by molar-refractivity contribution is 5.94. The number of anilines is 1. The Hall–Kier alpha value is -1.75. The van der Waals surface area contributed by atoms with E-state index in [-0.39, 0.29) is 0 Å². The lowest BCUT2D eigenvalue weighted by molar-refractivity contribution is 0.181. The molecule has 3 atom stereocenters. The maximum Gasteiger partial charge on any atom is 0.115 e. The summed E-state index contributed by atoms with van der Waals surface area (Å²) in [6.45, 7) is 3.98. The number of phenolic OH excluding ortho intramolecular Hbond substituents is 1. The first-order valence-corrected chi connectivity index (χ1v) is 8.26. The molecule has 1 heterocycles. The fraction of sp³-hybridized carbons (Fsp3) is 0.588. The fourth-order valence-corrected chi connectivity index (χ4v) is 4.60. The van der Waals surface area contributed by atoms with Crippen molar-refractivity contribution in [1.82, 2.24) is 4.90 Å². The van der Waals surface area contributed by atoms with Gasteiger partial charge in [0, 0.05) is 37.8 Å². The normalized spacial score (nSPS) is 33.7. The van der Waals surface area contributed by atoms with E-state index in [1.165, 1.54) is 24.9 Å². The van der Waals surface area contributed by atoms with Crippen LogP contribution in [0.25, 0.3) is 0 Å². The summed E-state index contributed by atoms with van der Waals surface area (Å²) in [6, 6.07) is 7.81. The molecule has 2 aliphatic carbocycles. The van der Waals surface area contributed by atoms with Gasteiger partial charge in [-0.15, -0.1) is 0 Å². The summed E-state index contributed by atoms with van der Waals surface area (Å²) in [5.41, 5.74) is 2.20. The van der Waals surface area contributed by atoms with Crippen LogP contribution >= 0.6 is 0 Å². The van der Waals surface area contributed by atoms with Crippen molar-refractivity contribution in [3.05, 3.63) is 24.3 Å². The summed E-state index contributed by atoms with van der Waals surface area (Å²) in [5.74, 6) is 1.53. The van der Waals surface area contributed by atoms with Crippen molar-refractivity contribution >= 4 is 11.4 Å². The predicted molar refractivity (Wildman–Crippen MR) is 85.7 cm³/mol. The molecule has 5 nitrogen and oxygen atoms in total. The number of aromatic hydroxyl groups is 1. The molecule has 1 aromatic carbocycles. The molecule has 5 heteroatoms. The molecule has 3 aliphatic rings. The Morgan fingerprint density at radius 2 is 1.73 bits per heavy atom. The third kappa shape index (κ3) is 2.24. The highest BCUT2D eigenvalue weighted by Gasteiger charge is 2.48. The van der Waals surface area contributed by atoms with Crippen molar-refractivity contribution in [2.75, 3.05) is 31.1 Å². The average Bonchev–Trinajstić information content (AvgIpc) is 3.16. The quantitative estimate of drug-likeness (QED) is 0.649. The largest absolute Gasteiger partial charge is 0.508 e. The van der Waals surface area contributed by atoms with Gasteiger partial charge in [-0.1, -0.05) is 5.16 Å². The summed E-state index contributed by atoms with van der Waals surface area (Å²) in [5, 5.41) is 22.4. The van der Waals surface area contributed by atoms with Crippen molar-refractivity contribution in [3.8, 4) is 5.75 Å². The molecule has 1 aliphatic heterocycles. The van der Waals surface area contributed by atoms with E-state index in [1.807, 2.05) is 12.1 Å². The van der Waals surface area contributed by atoms with E-state index in [4.69, 9.17) is 0 Å². The molecular formula is C17H23N3O2. The fourth-order valence-electron chi connectivity index (χ4n) is 4.60. The van der Waals surface area contributed by atoms with E-state index in [2.05, 4.69) is 15.0 Å². The van der Waals surface area contributed by atoms with Crippen LogP contribution in [0.2, 0.25) is 0 Å². The molecular weight excluding hydrogens is 278 g/mol. The second-order valence-electron chi connectivity index (χ2n) is 6.78. The Morgan fingerprint density at radius 3 is 2.41 bits per heavy atom. The van der Waals surface area contributed by atoms with Crippen LogP contribution in [0, 0.1) is 11.8 Å². The van der Waals surface area contributed by atoms with Crippen molar-refractivity contribution in [2.24, 2.45) is 17.0 Å². The predicted octanol–water partition coefficient (Wildman–Crippen LogP) is 2.14. The number of piperazine rings is 1. The van der Waals surface area contributed by atoms with Crippen LogP contribution in [0.5, 0.6) is 5.75 Å². The topological polar surface area (TPSA) is 59.3 Å². The molecule has 22 heavy (non-hydrogen) atoms. The summed E-state index contributed by atoms with van der Waals surface area (Å²) in [4.78, 5) is 4.87. The number of phenols is 1. The number of rotatable bonds is 2. The first-order chi connectivity index (χ1) is 10.8. The smallest absolute Gasteiger partial charge is 0.115 e. The summed E-state index contributed by atoms with van der Waals surface area (Å²) < 4.78 is 0. The number of oxime groups is 1. The Morgan fingerprint density at radius 1 is 1.00 bits per heavy atom. The minimum absolute atomic E-state index is 0.313. The first-order valence-electron chi connectivity index (χ1n) is 8.26. The molecule has 2 N–H and O–H groups in total. The highest BCUT2D eigenvalue weighted by Crippen LogP contribution is 2.45. The Bertz CT molecular complexity index is 564. The van der Waals surface area contributed by atoms with Crippen molar-refractivity contribution in [2.45, 2.75) is 25.3 Å². The van der Waals surface area contributed by atoms with Gasteiger partial charge >= 0.3 is 0 Å². The molecule has 2 saturated carbocycles. The molecule has 1 aromatic rings. The van der Waals surface area contributed by atoms with Crippen LogP contribution in [0.15, 0.2) is 29.4 Å². The van der Waals surface area contributed by atoms with Gasteiger partial charge in [0.05, 0.1) is 11.8 Å². The Kier molecular flexibility index (Phi) is 3.45. The van der Waals surface area contributed by atoms with Crippen LogP contribution in [0.3, 0.4) is 0 Å². The maximum absolute atomic E-state index is 9.39. The number of nitrogens with zero attached hydrogens (tertiary/aromatic N) is 3. The van der Waals surface area contributed by atoms with Crippen molar-refractivity contribution < 1.29 is 10.3 Å². The third-order valence-corrected chi connectivity index (χ3v) is 5.68. The van der Waals surface area contributed by atoms with E-state index >= 15 is 0 Å². The highest BCUT2D eigenvalue weighted by atomic mass is 16.4. The van der Waals surface area contributed by atoms with Crippen LogP contribution < -0.4 is 4.90 Å². The maximum atomic E-state index is 9.39. The van der Waals surface area contributed by atoms with Crippen molar-refractivity contribution in [3.63, 3.8) is 0 Å². The second kappa shape index (κ2) is 5.47. The second-order valence-corrected chi connectivity index (χ2v) is 6.78. The Labute approximate surface area is 130 Å². The number of hydrogen-bond acceptors (Lipinski definition) is 5. The van der Waals surface area contributed by atoms with Crippen LogP contribution in [-0.4, -0.2) is 53.1 Å². The van der Waals surface area contributed by atoms with Gasteiger partial charge in [-0.3, -0.25) is 4.90 Å². The van der Waals surface area contributed by atoms with Crippen LogP contribution in [0.1, 0.15) is 19.3 Å². The molecule has 0 spiro atoms. The van der Waals surface area contributed by atoms with Gasteiger partial charge in [0.2, 0.25) is 0 Å². The van der Waals surface area contributed by atoms with Gasteiger partial charge in [-0.05, 0) is 49.4 Å². The van der Waals surface area contributed by atoms with Gasteiger partial charge in [-0.2, -0.15) is 0 Å². The lowest BCUT2D eigenvalue weighted by Gasteiger charge is -2.41. The zero-order valence-electron chi connectivity index (χ0n) is 12.7. The van der Waals surface area contributed by atoms with Crippen LogP contribution in [0.4, 0.5) is 5.69 Å².